The van der Waals surface area contributed by atoms with Crippen LogP contribution in [-0.4, -0.2) is 69.2 Å². The number of amides is 3. The SMILES string of the molecule is CCC1CC=C(C(=O)NC)S1.O=C1COCCN1c1ccc2c(c1)OCC1COC(=O)N21. The van der Waals surface area contributed by atoms with E-state index in [4.69, 9.17) is 14.2 Å². The van der Waals surface area contributed by atoms with Crippen LogP contribution in [0.1, 0.15) is 19.8 Å². The Kier molecular flexibility index (Phi) is 6.90. The van der Waals surface area contributed by atoms with Crippen molar-refractivity contribution in [3.05, 3.63) is 29.2 Å². The van der Waals surface area contributed by atoms with Gasteiger partial charge in [0.1, 0.15) is 31.6 Å². The lowest BCUT2D eigenvalue weighted by Crippen LogP contribution is -2.43. The molecular formula is C22H27N3O6S. The summed E-state index contributed by atoms with van der Waals surface area (Å²) in [5.41, 5.74) is 1.45. The van der Waals surface area contributed by atoms with Crippen LogP contribution < -0.4 is 19.9 Å². The number of carbonyl (C=O) groups is 3. The third-order valence-corrected chi connectivity index (χ3v) is 7.12. The van der Waals surface area contributed by atoms with Crippen molar-refractivity contribution in [2.24, 2.45) is 0 Å². The van der Waals surface area contributed by atoms with E-state index in [0.717, 1.165) is 23.4 Å². The fraction of sp³-hybridized carbons (Fsp3) is 0.500. The van der Waals surface area contributed by atoms with E-state index in [2.05, 4.69) is 12.2 Å². The summed E-state index contributed by atoms with van der Waals surface area (Å²) in [5, 5.41) is 3.25. The van der Waals surface area contributed by atoms with Crippen LogP contribution in [0.2, 0.25) is 0 Å². The molecule has 2 fully saturated rings. The number of cyclic esters (lactones) is 1. The summed E-state index contributed by atoms with van der Waals surface area (Å²) in [7, 11) is 1.67. The zero-order valence-corrected chi connectivity index (χ0v) is 19.0. The van der Waals surface area contributed by atoms with Crippen molar-refractivity contribution >= 4 is 41.0 Å². The smallest absolute Gasteiger partial charge is 0.414 e. The number of morpholine rings is 1. The third kappa shape index (κ3) is 4.56. The Morgan fingerprint density at radius 3 is 2.78 bits per heavy atom. The van der Waals surface area contributed by atoms with E-state index < -0.39 is 0 Å². The van der Waals surface area contributed by atoms with Crippen LogP contribution in [0.25, 0.3) is 0 Å². The number of nitrogens with zero attached hydrogens (tertiary/aromatic N) is 2. The van der Waals surface area contributed by atoms with E-state index in [1.165, 1.54) is 0 Å². The van der Waals surface area contributed by atoms with Crippen LogP contribution in [-0.2, 0) is 19.1 Å². The van der Waals surface area contributed by atoms with E-state index in [1.54, 1.807) is 40.7 Å². The van der Waals surface area contributed by atoms with E-state index in [-0.39, 0.29) is 30.6 Å². The van der Waals surface area contributed by atoms with Crippen LogP contribution in [0, 0.1) is 0 Å². The third-order valence-electron chi connectivity index (χ3n) is 5.66. The van der Waals surface area contributed by atoms with Gasteiger partial charge in [0.15, 0.2) is 0 Å². The van der Waals surface area contributed by atoms with Crippen molar-refractivity contribution in [1.82, 2.24) is 5.32 Å². The number of thioether (sulfide) groups is 1. The Bertz CT molecular complexity index is 936. The molecule has 9 nitrogen and oxygen atoms in total. The molecule has 4 heterocycles. The lowest BCUT2D eigenvalue weighted by atomic mass is 10.1. The molecule has 4 aliphatic rings. The molecule has 2 saturated heterocycles. The van der Waals surface area contributed by atoms with Gasteiger partial charge >= 0.3 is 6.09 Å². The normalized spacial score (nSPS) is 23.9. The van der Waals surface area contributed by atoms with Gasteiger partial charge in [-0.05, 0) is 25.0 Å². The van der Waals surface area contributed by atoms with Gasteiger partial charge in [0, 0.05) is 30.6 Å². The number of benzene rings is 1. The van der Waals surface area contributed by atoms with Gasteiger partial charge < -0.3 is 24.4 Å². The lowest BCUT2D eigenvalue weighted by Gasteiger charge is -2.31. The van der Waals surface area contributed by atoms with Crippen LogP contribution in [0.3, 0.4) is 0 Å². The van der Waals surface area contributed by atoms with Crippen LogP contribution in [0.4, 0.5) is 16.2 Å². The average Bonchev–Trinajstić information content (AvgIpc) is 3.46. The number of fused-ring (bicyclic) bond motifs is 3. The van der Waals surface area contributed by atoms with Gasteiger partial charge in [-0.3, -0.25) is 14.5 Å². The molecule has 1 aromatic carbocycles. The lowest BCUT2D eigenvalue weighted by molar-refractivity contribution is -0.125. The summed E-state index contributed by atoms with van der Waals surface area (Å²) in [6.45, 7) is 4.04. The van der Waals surface area contributed by atoms with Crippen molar-refractivity contribution in [1.29, 1.82) is 0 Å². The highest BCUT2D eigenvalue weighted by Gasteiger charge is 2.39. The van der Waals surface area contributed by atoms with Crippen molar-refractivity contribution in [2.45, 2.75) is 31.1 Å². The van der Waals surface area contributed by atoms with E-state index in [1.807, 2.05) is 12.1 Å². The summed E-state index contributed by atoms with van der Waals surface area (Å²) in [6.07, 6.45) is 3.86. The van der Waals surface area contributed by atoms with Gasteiger partial charge in [-0.25, -0.2) is 4.79 Å². The van der Waals surface area contributed by atoms with Crippen molar-refractivity contribution in [2.75, 3.05) is 49.8 Å². The topological polar surface area (TPSA) is 97.4 Å². The van der Waals surface area contributed by atoms with Crippen LogP contribution in [0.15, 0.2) is 29.2 Å². The molecule has 1 aromatic rings. The summed E-state index contributed by atoms with van der Waals surface area (Å²) >= 11 is 1.69. The fourth-order valence-corrected chi connectivity index (χ4v) is 4.99. The maximum atomic E-state index is 11.9. The summed E-state index contributed by atoms with van der Waals surface area (Å²) in [4.78, 5) is 38.9. The molecule has 0 aromatic heterocycles. The number of nitrogens with one attached hydrogen (secondary N) is 1. The first kappa shape index (κ1) is 22.5. The predicted octanol–water partition coefficient (Wildman–Crippen LogP) is 2.30. The number of allylic oxidation sites excluding steroid dienone is 1. The molecule has 5 rings (SSSR count). The van der Waals surface area contributed by atoms with Crippen LogP contribution >= 0.6 is 11.8 Å². The number of likely N-dealkylation sites (N-methyl/N-ethyl adjacent to an activating group) is 1. The molecule has 2 atom stereocenters. The van der Waals surface area contributed by atoms with Gasteiger partial charge in [0.05, 0.1) is 17.2 Å². The van der Waals surface area contributed by atoms with E-state index >= 15 is 0 Å². The number of rotatable bonds is 3. The minimum atomic E-state index is -0.347. The molecule has 3 amide bonds. The molecule has 0 aliphatic carbocycles. The van der Waals surface area contributed by atoms with Crippen LogP contribution in [0.5, 0.6) is 5.75 Å². The molecule has 1 N–H and O–H groups in total. The Balaban J connectivity index is 0.000000189. The predicted molar refractivity (Wildman–Crippen MR) is 121 cm³/mol. The minimum absolute atomic E-state index is 0.0611. The molecule has 0 bridgehead atoms. The zero-order chi connectivity index (χ0) is 22.7. The molecular weight excluding hydrogens is 434 g/mol. The van der Waals surface area contributed by atoms with Crippen molar-refractivity contribution in [3.63, 3.8) is 0 Å². The molecule has 0 spiro atoms. The van der Waals surface area contributed by atoms with Gasteiger partial charge in [0.2, 0.25) is 0 Å². The Labute approximate surface area is 191 Å². The number of ether oxygens (including phenoxy) is 3. The minimum Gasteiger partial charge on any atom is -0.489 e. The molecule has 4 aliphatic heterocycles. The van der Waals surface area contributed by atoms with Crippen molar-refractivity contribution < 1.29 is 28.6 Å². The standard InChI is InChI=1S/C14H14N2O5.C8H13NOS/c17-13-8-19-4-3-15(13)9-1-2-11-12(5-9)20-6-10-7-21-14(18)16(10)11;1-3-6-4-5-7(11-6)8(10)9-2/h1-2,5,10H,3-4,6-8H2;5-6H,3-4H2,1-2H3,(H,9,10). The molecule has 0 saturated carbocycles. The molecule has 10 heteroatoms. The van der Waals surface area contributed by atoms with Gasteiger partial charge in [0.25, 0.3) is 11.8 Å². The Morgan fingerprint density at radius 1 is 1.25 bits per heavy atom. The van der Waals surface area contributed by atoms with Gasteiger partial charge in [-0.2, -0.15) is 0 Å². The zero-order valence-electron chi connectivity index (χ0n) is 18.2. The Hall–Kier alpha value is -2.72. The monoisotopic (exact) mass is 461 g/mol. The number of hydrogen-bond acceptors (Lipinski definition) is 7. The number of carbonyl (C=O) groups excluding carboxylic acids is 3. The summed E-state index contributed by atoms with van der Waals surface area (Å²) < 4.78 is 15.9. The highest BCUT2D eigenvalue weighted by molar-refractivity contribution is 8.04. The second-order valence-electron chi connectivity index (χ2n) is 7.69. The summed E-state index contributed by atoms with van der Waals surface area (Å²) in [6, 6.07) is 5.34. The quantitative estimate of drug-likeness (QED) is 0.738. The highest BCUT2D eigenvalue weighted by Crippen LogP contribution is 2.39. The number of hydrogen-bond donors (Lipinski definition) is 1. The largest absolute Gasteiger partial charge is 0.489 e. The molecule has 0 radical (unpaired) electrons. The van der Waals surface area contributed by atoms with E-state index in [0.29, 0.717) is 43.1 Å². The van der Waals surface area contributed by atoms with E-state index in [9.17, 15) is 14.4 Å². The average molecular weight is 462 g/mol. The molecule has 2 unspecified atom stereocenters. The maximum absolute atomic E-state index is 11.9. The van der Waals surface area contributed by atoms with Crippen molar-refractivity contribution in [3.8, 4) is 5.75 Å². The molecule has 32 heavy (non-hydrogen) atoms. The first-order chi connectivity index (χ1) is 15.5. The Morgan fingerprint density at radius 2 is 2.06 bits per heavy atom. The maximum Gasteiger partial charge on any atom is 0.414 e. The van der Waals surface area contributed by atoms with Gasteiger partial charge in [-0.1, -0.05) is 13.0 Å². The second kappa shape index (κ2) is 9.83. The van der Waals surface area contributed by atoms with Gasteiger partial charge in [-0.15, -0.1) is 11.8 Å². The first-order valence-electron chi connectivity index (χ1n) is 10.7. The second-order valence-corrected chi connectivity index (χ2v) is 9.04. The fourth-order valence-electron chi connectivity index (χ4n) is 3.87. The number of anilines is 2. The summed E-state index contributed by atoms with van der Waals surface area (Å²) in [5.74, 6) is 0.586. The molecule has 172 valence electrons. The first-order valence-corrected chi connectivity index (χ1v) is 11.6. The highest BCUT2D eigenvalue weighted by atomic mass is 32.2.